The number of aryl methyl sites for hydroxylation is 1. The number of hydrogen-bond acceptors (Lipinski definition) is 5. The molecule has 1 aromatic carbocycles. The van der Waals surface area contributed by atoms with Gasteiger partial charge in [0, 0.05) is 44.0 Å². The summed E-state index contributed by atoms with van der Waals surface area (Å²) in [5.74, 6) is 0.529. The molecule has 0 spiro atoms. The Bertz CT molecular complexity index is 777. The summed E-state index contributed by atoms with van der Waals surface area (Å²) >= 11 is 1.56. The van der Waals surface area contributed by atoms with E-state index in [4.69, 9.17) is 0 Å². The molecule has 0 aliphatic carbocycles. The van der Waals surface area contributed by atoms with E-state index in [9.17, 15) is 9.59 Å². The van der Waals surface area contributed by atoms with Crippen molar-refractivity contribution in [1.82, 2.24) is 9.88 Å². The van der Waals surface area contributed by atoms with Crippen molar-refractivity contribution in [1.29, 1.82) is 0 Å². The molecular formula is C20H25N3O2S. The van der Waals surface area contributed by atoms with E-state index in [1.54, 1.807) is 18.3 Å². The van der Waals surface area contributed by atoms with Crippen LogP contribution in [0.2, 0.25) is 0 Å². The minimum absolute atomic E-state index is 0.0132. The van der Waals surface area contributed by atoms with E-state index in [1.165, 1.54) is 5.56 Å². The minimum Gasteiger partial charge on any atom is -0.365 e. The summed E-state index contributed by atoms with van der Waals surface area (Å²) in [4.78, 5) is 32.4. The topological polar surface area (TPSA) is 53.5 Å². The predicted octanol–water partition coefficient (Wildman–Crippen LogP) is 3.50. The third-order valence-corrected chi connectivity index (χ3v) is 5.93. The highest BCUT2D eigenvalue weighted by Crippen LogP contribution is 2.30. The molecule has 6 heteroatoms. The molecule has 1 fully saturated rings. The highest BCUT2D eigenvalue weighted by Gasteiger charge is 2.26. The summed E-state index contributed by atoms with van der Waals surface area (Å²) in [7, 11) is 1.95. The Balaban J connectivity index is 1.53. The second kappa shape index (κ2) is 7.99. The van der Waals surface area contributed by atoms with Crippen molar-refractivity contribution in [2.45, 2.75) is 32.6 Å². The zero-order valence-corrected chi connectivity index (χ0v) is 16.4. The van der Waals surface area contributed by atoms with Crippen molar-refractivity contribution < 1.29 is 9.59 Å². The number of ketones is 1. The molecular weight excluding hydrogens is 346 g/mol. The standard InChI is InChI=1S/C20H25N3O2S/c1-14-4-6-17(7-5-14)22(3)12-19(25)23-10-8-16(9-11-23)20-21-18(13-26-20)15(2)24/h4-7,13,16H,8-12H2,1-3H3. The van der Waals surface area contributed by atoms with E-state index in [2.05, 4.69) is 24.0 Å². The molecule has 3 rings (SSSR count). The Kier molecular flexibility index (Phi) is 5.71. The SMILES string of the molecule is CC(=O)c1csc(C2CCN(C(=O)CN(C)c3ccc(C)cc3)CC2)n1. The zero-order valence-electron chi connectivity index (χ0n) is 15.6. The molecule has 1 saturated heterocycles. The number of benzene rings is 1. The van der Waals surface area contributed by atoms with E-state index in [-0.39, 0.29) is 11.7 Å². The maximum atomic E-state index is 12.6. The molecule has 0 atom stereocenters. The van der Waals surface area contributed by atoms with Crippen LogP contribution in [0.3, 0.4) is 0 Å². The first-order chi connectivity index (χ1) is 12.4. The van der Waals surface area contributed by atoms with Crippen molar-refractivity contribution in [2.75, 3.05) is 31.6 Å². The number of carbonyl (C=O) groups excluding carboxylic acids is 2. The van der Waals surface area contributed by atoms with Crippen LogP contribution in [0.25, 0.3) is 0 Å². The summed E-state index contributed by atoms with van der Waals surface area (Å²) in [6.07, 6.45) is 1.82. The first-order valence-corrected chi connectivity index (χ1v) is 9.84. The van der Waals surface area contributed by atoms with Gasteiger partial charge in [-0.15, -0.1) is 11.3 Å². The van der Waals surface area contributed by atoms with Gasteiger partial charge >= 0.3 is 0 Å². The Morgan fingerprint density at radius 2 is 1.88 bits per heavy atom. The van der Waals surface area contributed by atoms with Gasteiger partial charge in [0.15, 0.2) is 5.78 Å². The maximum absolute atomic E-state index is 12.6. The van der Waals surface area contributed by atoms with Crippen LogP contribution in [-0.4, -0.2) is 48.3 Å². The molecule has 2 aromatic rings. The van der Waals surface area contributed by atoms with Gasteiger partial charge in [-0.3, -0.25) is 9.59 Å². The lowest BCUT2D eigenvalue weighted by Crippen LogP contribution is -2.43. The zero-order chi connectivity index (χ0) is 18.7. The van der Waals surface area contributed by atoms with Gasteiger partial charge in [0.1, 0.15) is 5.69 Å². The van der Waals surface area contributed by atoms with Gasteiger partial charge in [0.25, 0.3) is 0 Å². The third-order valence-electron chi connectivity index (χ3n) is 4.93. The quantitative estimate of drug-likeness (QED) is 0.755. The van der Waals surface area contributed by atoms with E-state index in [1.807, 2.05) is 34.4 Å². The van der Waals surface area contributed by atoms with Gasteiger partial charge in [-0.05, 0) is 31.9 Å². The van der Waals surface area contributed by atoms with Crippen molar-refractivity contribution in [3.8, 4) is 0 Å². The first kappa shape index (κ1) is 18.6. The summed E-state index contributed by atoms with van der Waals surface area (Å²) < 4.78 is 0. The van der Waals surface area contributed by atoms with Crippen molar-refractivity contribution >= 4 is 28.7 Å². The molecule has 0 N–H and O–H groups in total. The molecule has 0 saturated carbocycles. The average Bonchev–Trinajstić information content (AvgIpc) is 3.13. The second-order valence-corrected chi connectivity index (χ2v) is 7.86. The van der Waals surface area contributed by atoms with Crippen LogP contribution in [0.15, 0.2) is 29.6 Å². The number of carbonyl (C=O) groups is 2. The molecule has 0 unspecified atom stereocenters. The van der Waals surface area contributed by atoms with Gasteiger partial charge < -0.3 is 9.80 Å². The Morgan fingerprint density at radius 3 is 2.46 bits per heavy atom. The number of amides is 1. The Labute approximate surface area is 158 Å². The molecule has 1 aliphatic rings. The fraction of sp³-hybridized carbons (Fsp3) is 0.450. The van der Waals surface area contributed by atoms with E-state index in [0.717, 1.165) is 36.6 Å². The number of anilines is 1. The Hall–Kier alpha value is -2.21. The number of thiazole rings is 1. The van der Waals surface area contributed by atoms with Gasteiger partial charge in [0.05, 0.1) is 11.6 Å². The molecule has 5 nitrogen and oxygen atoms in total. The van der Waals surface area contributed by atoms with E-state index >= 15 is 0 Å². The molecule has 2 heterocycles. The van der Waals surface area contributed by atoms with Gasteiger partial charge in [-0.25, -0.2) is 4.98 Å². The summed E-state index contributed by atoms with van der Waals surface area (Å²) in [5.41, 5.74) is 2.83. The highest BCUT2D eigenvalue weighted by molar-refractivity contribution is 7.09. The lowest BCUT2D eigenvalue weighted by Gasteiger charge is -2.32. The molecule has 0 radical (unpaired) electrons. The molecule has 1 aliphatic heterocycles. The smallest absolute Gasteiger partial charge is 0.242 e. The monoisotopic (exact) mass is 371 g/mol. The van der Waals surface area contributed by atoms with Crippen molar-refractivity contribution in [3.63, 3.8) is 0 Å². The number of nitrogens with zero attached hydrogens (tertiary/aromatic N) is 3. The van der Waals surface area contributed by atoms with Gasteiger partial charge in [-0.1, -0.05) is 17.7 Å². The number of aromatic nitrogens is 1. The summed E-state index contributed by atoms with van der Waals surface area (Å²) in [6, 6.07) is 8.21. The van der Waals surface area contributed by atoms with Crippen LogP contribution in [0.4, 0.5) is 5.69 Å². The summed E-state index contributed by atoms with van der Waals surface area (Å²) in [6.45, 7) is 5.49. The fourth-order valence-corrected chi connectivity index (χ4v) is 4.24. The largest absolute Gasteiger partial charge is 0.365 e. The molecule has 1 aromatic heterocycles. The van der Waals surface area contributed by atoms with Crippen molar-refractivity contribution in [2.24, 2.45) is 0 Å². The number of rotatable bonds is 5. The minimum atomic E-state index is 0.0132. The fourth-order valence-electron chi connectivity index (χ4n) is 3.21. The van der Waals surface area contributed by atoms with Crippen LogP contribution in [0, 0.1) is 6.92 Å². The second-order valence-electron chi connectivity index (χ2n) is 6.97. The van der Waals surface area contributed by atoms with Crippen LogP contribution < -0.4 is 4.90 Å². The lowest BCUT2D eigenvalue weighted by molar-refractivity contribution is -0.130. The normalized spacial score (nSPS) is 15.1. The molecule has 0 bridgehead atoms. The number of likely N-dealkylation sites (tertiary alicyclic amines) is 1. The number of hydrogen-bond donors (Lipinski definition) is 0. The first-order valence-electron chi connectivity index (χ1n) is 8.96. The molecule has 26 heavy (non-hydrogen) atoms. The number of likely N-dealkylation sites (N-methyl/N-ethyl adjacent to an activating group) is 1. The van der Waals surface area contributed by atoms with E-state index < -0.39 is 0 Å². The van der Waals surface area contributed by atoms with Crippen molar-refractivity contribution in [3.05, 3.63) is 45.9 Å². The van der Waals surface area contributed by atoms with Crippen LogP contribution in [0.5, 0.6) is 0 Å². The molecule has 1 amide bonds. The van der Waals surface area contributed by atoms with Gasteiger partial charge in [0.2, 0.25) is 5.91 Å². The predicted molar refractivity (Wildman–Crippen MR) is 105 cm³/mol. The maximum Gasteiger partial charge on any atom is 0.242 e. The third kappa shape index (κ3) is 4.30. The van der Waals surface area contributed by atoms with Crippen LogP contribution in [0.1, 0.15) is 46.7 Å². The Morgan fingerprint density at radius 1 is 1.23 bits per heavy atom. The van der Waals surface area contributed by atoms with E-state index in [0.29, 0.717) is 18.2 Å². The number of Topliss-reactive ketones (excluding diaryl/α,β-unsaturated/α-hetero) is 1. The van der Waals surface area contributed by atoms with Crippen LogP contribution in [-0.2, 0) is 4.79 Å². The lowest BCUT2D eigenvalue weighted by atomic mass is 9.97. The molecule has 138 valence electrons. The number of piperidine rings is 1. The highest BCUT2D eigenvalue weighted by atomic mass is 32.1. The average molecular weight is 372 g/mol. The summed E-state index contributed by atoms with van der Waals surface area (Å²) in [5, 5.41) is 2.87. The van der Waals surface area contributed by atoms with Gasteiger partial charge in [-0.2, -0.15) is 0 Å². The van der Waals surface area contributed by atoms with Crippen LogP contribution >= 0.6 is 11.3 Å².